The van der Waals surface area contributed by atoms with Crippen LogP contribution in [0.2, 0.25) is 0 Å². The number of anilines is 2. The number of rotatable bonds is 12. The first-order valence-corrected chi connectivity index (χ1v) is 10.3. The largest absolute Gasteiger partial charge is 0.491 e. The van der Waals surface area contributed by atoms with Gasteiger partial charge in [0.1, 0.15) is 12.4 Å². The number of ether oxygens (including phenoxy) is 2. The van der Waals surface area contributed by atoms with E-state index in [2.05, 4.69) is 10.6 Å². The molecule has 0 aromatic heterocycles. The van der Waals surface area contributed by atoms with Gasteiger partial charge in [0, 0.05) is 36.6 Å². The molecular weight excluding hydrogens is 382 g/mol. The van der Waals surface area contributed by atoms with Gasteiger partial charge in [0.2, 0.25) is 5.91 Å². The summed E-state index contributed by atoms with van der Waals surface area (Å²) in [5.74, 6) is 0.511. The van der Waals surface area contributed by atoms with Gasteiger partial charge in [-0.2, -0.15) is 0 Å². The summed E-state index contributed by atoms with van der Waals surface area (Å²) in [7, 11) is 0. The normalized spacial score (nSPS) is 10.4. The van der Waals surface area contributed by atoms with Gasteiger partial charge in [-0.15, -0.1) is 0 Å². The third-order valence-electron chi connectivity index (χ3n) is 4.45. The van der Waals surface area contributed by atoms with E-state index < -0.39 is 0 Å². The van der Waals surface area contributed by atoms with E-state index in [1.54, 1.807) is 29.2 Å². The molecule has 2 N–H and O–H groups in total. The summed E-state index contributed by atoms with van der Waals surface area (Å²) >= 11 is 0. The number of nitrogens with one attached hydrogen (secondary N) is 2. The predicted octanol–water partition coefficient (Wildman–Crippen LogP) is 3.63. The minimum atomic E-state index is -0.195. The second-order valence-corrected chi connectivity index (χ2v) is 6.53. The van der Waals surface area contributed by atoms with Crippen LogP contribution >= 0.6 is 0 Å². The van der Waals surface area contributed by atoms with Crippen LogP contribution in [-0.4, -0.2) is 56.2 Å². The van der Waals surface area contributed by atoms with Gasteiger partial charge in [-0.25, -0.2) is 0 Å². The van der Waals surface area contributed by atoms with Gasteiger partial charge in [-0.1, -0.05) is 6.07 Å². The van der Waals surface area contributed by atoms with Crippen molar-refractivity contribution < 1.29 is 19.1 Å². The molecule has 0 heterocycles. The highest BCUT2D eigenvalue weighted by molar-refractivity contribution is 5.98. The van der Waals surface area contributed by atoms with Gasteiger partial charge in [-0.3, -0.25) is 9.59 Å². The summed E-state index contributed by atoms with van der Waals surface area (Å²) in [6, 6.07) is 14.4. The van der Waals surface area contributed by atoms with Crippen LogP contribution in [0.4, 0.5) is 11.4 Å². The van der Waals surface area contributed by atoms with Crippen molar-refractivity contribution in [2.24, 2.45) is 0 Å². The van der Waals surface area contributed by atoms with E-state index in [4.69, 9.17) is 9.47 Å². The molecule has 2 rings (SSSR count). The number of amides is 2. The zero-order valence-corrected chi connectivity index (χ0v) is 17.9. The molecule has 0 saturated carbocycles. The molecule has 2 amide bonds. The van der Waals surface area contributed by atoms with Crippen molar-refractivity contribution in [3.63, 3.8) is 0 Å². The highest BCUT2D eigenvalue weighted by Crippen LogP contribution is 2.16. The van der Waals surface area contributed by atoms with E-state index in [9.17, 15) is 9.59 Å². The third-order valence-corrected chi connectivity index (χ3v) is 4.45. The Morgan fingerprint density at radius 1 is 0.933 bits per heavy atom. The number of nitrogens with zero attached hydrogens (tertiary/aromatic N) is 1. The lowest BCUT2D eigenvalue weighted by Gasteiger charge is -2.19. The molecule has 0 aliphatic heterocycles. The van der Waals surface area contributed by atoms with E-state index in [0.717, 1.165) is 11.4 Å². The second-order valence-electron chi connectivity index (χ2n) is 6.53. The molecule has 0 aliphatic carbocycles. The van der Waals surface area contributed by atoms with E-state index in [-0.39, 0.29) is 18.4 Å². The minimum Gasteiger partial charge on any atom is -0.491 e. The third kappa shape index (κ3) is 7.40. The van der Waals surface area contributed by atoms with Crippen molar-refractivity contribution in [1.82, 2.24) is 4.90 Å². The maximum Gasteiger partial charge on any atom is 0.253 e. The van der Waals surface area contributed by atoms with Gasteiger partial charge in [-0.05, 0) is 63.2 Å². The van der Waals surface area contributed by atoms with Crippen LogP contribution in [0, 0.1) is 0 Å². The quantitative estimate of drug-likeness (QED) is 0.520. The van der Waals surface area contributed by atoms with Crippen LogP contribution in [0.25, 0.3) is 0 Å². The highest BCUT2D eigenvalue weighted by atomic mass is 16.5. The van der Waals surface area contributed by atoms with Crippen molar-refractivity contribution in [3.05, 3.63) is 54.1 Å². The summed E-state index contributed by atoms with van der Waals surface area (Å²) in [6.07, 6.45) is 0. The molecule has 0 atom stereocenters. The van der Waals surface area contributed by atoms with E-state index >= 15 is 0 Å². The fraction of sp³-hybridized carbons (Fsp3) is 0.391. The molecule has 0 aliphatic rings. The van der Waals surface area contributed by atoms with Crippen LogP contribution in [0.1, 0.15) is 31.1 Å². The van der Waals surface area contributed by atoms with Gasteiger partial charge < -0.3 is 25.0 Å². The lowest BCUT2D eigenvalue weighted by molar-refractivity contribution is -0.114. The molecule has 0 spiro atoms. The number of benzene rings is 2. The first-order chi connectivity index (χ1) is 14.6. The zero-order chi connectivity index (χ0) is 21.8. The van der Waals surface area contributed by atoms with E-state index in [1.807, 2.05) is 45.0 Å². The van der Waals surface area contributed by atoms with Crippen LogP contribution < -0.4 is 15.4 Å². The van der Waals surface area contributed by atoms with Crippen LogP contribution in [0.15, 0.2) is 48.5 Å². The molecule has 7 heteroatoms. The minimum absolute atomic E-state index is 0.0437. The maximum atomic E-state index is 12.5. The number of carbonyl (C=O) groups excluding carboxylic acids is 2. The van der Waals surface area contributed by atoms with Crippen molar-refractivity contribution in [1.29, 1.82) is 0 Å². The molecule has 0 radical (unpaired) electrons. The molecule has 0 saturated heterocycles. The fourth-order valence-electron chi connectivity index (χ4n) is 2.84. The Balaban J connectivity index is 1.83. The van der Waals surface area contributed by atoms with Crippen molar-refractivity contribution >= 4 is 23.2 Å². The van der Waals surface area contributed by atoms with Gasteiger partial charge in [0.25, 0.3) is 5.91 Å². The molecule has 0 unspecified atom stereocenters. The predicted molar refractivity (Wildman–Crippen MR) is 119 cm³/mol. The standard InChI is InChI=1S/C23H31N3O4/c1-4-26(5-2)23(28)18-8-7-9-20(16-18)25-22(27)17-24-19-10-12-21(13-11-19)30-15-14-29-6-3/h7-13,16,24H,4-6,14-15,17H2,1-3H3,(H,25,27). The van der Waals surface area contributed by atoms with Crippen LogP contribution in [-0.2, 0) is 9.53 Å². The van der Waals surface area contributed by atoms with Crippen molar-refractivity contribution in [2.75, 3.05) is 50.1 Å². The Morgan fingerprint density at radius 3 is 2.33 bits per heavy atom. The van der Waals surface area contributed by atoms with Crippen LogP contribution in [0.5, 0.6) is 5.75 Å². The first-order valence-electron chi connectivity index (χ1n) is 10.3. The maximum absolute atomic E-state index is 12.5. The SMILES string of the molecule is CCOCCOc1ccc(NCC(=O)Nc2cccc(C(=O)N(CC)CC)c2)cc1. The molecule has 0 fully saturated rings. The Morgan fingerprint density at radius 2 is 1.67 bits per heavy atom. The second kappa shape index (κ2) is 12.5. The number of hydrogen-bond acceptors (Lipinski definition) is 5. The molecule has 7 nitrogen and oxygen atoms in total. The first kappa shape index (κ1) is 23.2. The summed E-state index contributed by atoms with van der Waals surface area (Å²) in [6.45, 7) is 8.95. The van der Waals surface area contributed by atoms with Gasteiger partial charge in [0.05, 0.1) is 13.2 Å². The molecule has 2 aromatic carbocycles. The average molecular weight is 414 g/mol. The van der Waals surface area contributed by atoms with E-state index in [1.165, 1.54) is 0 Å². The molecule has 0 bridgehead atoms. The van der Waals surface area contributed by atoms with Crippen LogP contribution in [0.3, 0.4) is 0 Å². The molecule has 2 aromatic rings. The Hall–Kier alpha value is -3.06. The topological polar surface area (TPSA) is 79.9 Å². The van der Waals surface area contributed by atoms with Crippen molar-refractivity contribution in [2.45, 2.75) is 20.8 Å². The Labute approximate surface area is 178 Å². The lowest BCUT2D eigenvalue weighted by Crippen LogP contribution is -2.30. The lowest BCUT2D eigenvalue weighted by atomic mass is 10.1. The highest BCUT2D eigenvalue weighted by Gasteiger charge is 2.13. The van der Waals surface area contributed by atoms with Gasteiger partial charge in [0.15, 0.2) is 0 Å². The summed E-state index contributed by atoms with van der Waals surface area (Å²) in [5.41, 5.74) is 1.97. The number of hydrogen-bond donors (Lipinski definition) is 2. The smallest absolute Gasteiger partial charge is 0.253 e. The molecular formula is C23H31N3O4. The number of carbonyl (C=O) groups is 2. The Bertz CT molecular complexity index is 804. The molecule has 162 valence electrons. The van der Waals surface area contributed by atoms with Crippen molar-refractivity contribution in [3.8, 4) is 5.75 Å². The summed E-state index contributed by atoms with van der Waals surface area (Å²) in [5, 5.41) is 5.90. The fourth-order valence-corrected chi connectivity index (χ4v) is 2.84. The molecule has 30 heavy (non-hydrogen) atoms. The van der Waals surface area contributed by atoms with E-state index in [0.29, 0.717) is 44.2 Å². The summed E-state index contributed by atoms with van der Waals surface area (Å²) < 4.78 is 10.8. The average Bonchev–Trinajstić information content (AvgIpc) is 2.77. The van der Waals surface area contributed by atoms with Gasteiger partial charge >= 0.3 is 0 Å². The summed E-state index contributed by atoms with van der Waals surface area (Å²) in [4.78, 5) is 26.5. The Kier molecular flexibility index (Phi) is 9.67. The zero-order valence-electron chi connectivity index (χ0n) is 17.9. The monoisotopic (exact) mass is 413 g/mol.